The topological polar surface area (TPSA) is 46.4 Å². The highest BCUT2D eigenvalue weighted by Crippen LogP contribution is 2.34. The minimum atomic E-state index is -0.560. The minimum Gasteiger partial charge on any atom is -0.497 e. The predicted molar refractivity (Wildman–Crippen MR) is 117 cm³/mol. The van der Waals surface area contributed by atoms with Crippen molar-refractivity contribution in [3.05, 3.63) is 53.8 Å². The van der Waals surface area contributed by atoms with Gasteiger partial charge in [-0.25, -0.2) is 4.39 Å². The van der Waals surface area contributed by atoms with Crippen LogP contribution in [0.1, 0.15) is 26.3 Å². The molecule has 2 N–H and O–H groups in total. The maximum atomic E-state index is 14.0. The fourth-order valence-corrected chi connectivity index (χ4v) is 3.90. The number of aliphatic hydroxyl groups excluding tert-OH is 1. The third-order valence-corrected chi connectivity index (χ3v) is 5.61. The lowest BCUT2D eigenvalue weighted by atomic mass is 9.86. The van der Waals surface area contributed by atoms with E-state index in [4.69, 9.17) is 9.47 Å². The van der Waals surface area contributed by atoms with Gasteiger partial charge in [0, 0.05) is 5.56 Å². The van der Waals surface area contributed by atoms with Crippen molar-refractivity contribution in [3.8, 4) is 11.5 Å². The number of anilines is 1. The third kappa shape index (κ3) is 5.64. The summed E-state index contributed by atoms with van der Waals surface area (Å²) in [4.78, 5) is 3.39. The van der Waals surface area contributed by atoms with Crippen LogP contribution >= 0.6 is 0 Å². The molecule has 5 nitrogen and oxygen atoms in total. The molecule has 0 amide bonds. The van der Waals surface area contributed by atoms with Crippen LogP contribution in [0.2, 0.25) is 0 Å². The number of hydrogen-bond acceptors (Lipinski definition) is 4. The Kier molecular flexibility index (Phi) is 7.21. The van der Waals surface area contributed by atoms with E-state index in [9.17, 15) is 9.50 Å². The number of methoxy groups -OCH3 is 1. The molecule has 1 aliphatic heterocycles. The number of rotatable bonds is 7. The first-order chi connectivity index (χ1) is 14.3. The SMILES string of the molecule is COc1ccc(OC[C@@H](O)C[NH+]2CCN(c3ccccc3F)CC2)c(C(C)(C)C)c1. The van der Waals surface area contributed by atoms with Crippen molar-refractivity contribution in [2.24, 2.45) is 0 Å². The second-order valence-corrected chi connectivity index (χ2v) is 8.97. The van der Waals surface area contributed by atoms with Crippen LogP contribution in [0.3, 0.4) is 0 Å². The Morgan fingerprint density at radius 3 is 2.47 bits per heavy atom. The monoisotopic (exact) mass is 417 g/mol. The molecular formula is C24H34FN2O3+. The number of halogens is 1. The zero-order chi connectivity index (χ0) is 21.7. The van der Waals surface area contributed by atoms with E-state index >= 15 is 0 Å². The highest BCUT2D eigenvalue weighted by molar-refractivity contribution is 5.47. The number of hydrogen-bond donors (Lipinski definition) is 2. The van der Waals surface area contributed by atoms with Gasteiger partial charge in [-0.2, -0.15) is 0 Å². The van der Waals surface area contributed by atoms with E-state index in [1.165, 1.54) is 11.0 Å². The van der Waals surface area contributed by atoms with Gasteiger partial charge in [0.2, 0.25) is 0 Å². The number of piperazine rings is 1. The van der Waals surface area contributed by atoms with Crippen molar-refractivity contribution in [2.75, 3.05) is 51.3 Å². The van der Waals surface area contributed by atoms with Crippen molar-refractivity contribution in [1.82, 2.24) is 0 Å². The highest BCUT2D eigenvalue weighted by atomic mass is 19.1. The van der Waals surface area contributed by atoms with Gasteiger partial charge >= 0.3 is 0 Å². The first-order valence-electron chi connectivity index (χ1n) is 10.6. The molecule has 0 aromatic heterocycles. The van der Waals surface area contributed by atoms with Crippen molar-refractivity contribution < 1.29 is 23.9 Å². The second-order valence-electron chi connectivity index (χ2n) is 8.97. The number of aliphatic hydroxyl groups is 1. The molecule has 2 aromatic carbocycles. The Morgan fingerprint density at radius 1 is 1.13 bits per heavy atom. The van der Waals surface area contributed by atoms with E-state index in [0.29, 0.717) is 12.2 Å². The van der Waals surface area contributed by atoms with Crippen LogP contribution in [-0.4, -0.2) is 57.7 Å². The van der Waals surface area contributed by atoms with Crippen LogP contribution in [-0.2, 0) is 5.41 Å². The maximum absolute atomic E-state index is 14.0. The van der Waals surface area contributed by atoms with Gasteiger partial charge in [-0.1, -0.05) is 32.9 Å². The normalized spacial score (nSPS) is 16.4. The maximum Gasteiger partial charge on any atom is 0.146 e. The molecule has 30 heavy (non-hydrogen) atoms. The first kappa shape index (κ1) is 22.4. The summed E-state index contributed by atoms with van der Waals surface area (Å²) in [5.74, 6) is 1.40. The molecule has 1 saturated heterocycles. The molecule has 3 rings (SSSR count). The van der Waals surface area contributed by atoms with Crippen molar-refractivity contribution >= 4 is 5.69 Å². The Hall–Kier alpha value is -2.31. The quantitative estimate of drug-likeness (QED) is 0.726. The lowest BCUT2D eigenvalue weighted by Crippen LogP contribution is -3.16. The van der Waals surface area contributed by atoms with Crippen molar-refractivity contribution in [2.45, 2.75) is 32.3 Å². The van der Waals surface area contributed by atoms with Crippen LogP contribution in [0.4, 0.5) is 10.1 Å². The largest absolute Gasteiger partial charge is 0.497 e. The molecule has 0 spiro atoms. The summed E-state index contributed by atoms with van der Waals surface area (Å²) in [7, 11) is 1.65. The molecule has 0 unspecified atom stereocenters. The molecule has 6 heteroatoms. The molecule has 0 bridgehead atoms. The van der Waals surface area contributed by atoms with Crippen molar-refractivity contribution in [3.63, 3.8) is 0 Å². The van der Waals surface area contributed by atoms with Gasteiger partial charge in [-0.3, -0.25) is 0 Å². The van der Waals surface area contributed by atoms with Gasteiger partial charge in [0.1, 0.15) is 36.6 Å². The standard InChI is InChI=1S/C24H33FN2O3/c1-24(2,3)20-15-19(29-4)9-10-23(20)30-17-18(28)16-26-11-13-27(14-12-26)22-8-6-5-7-21(22)25/h5-10,15,18,28H,11-14,16-17H2,1-4H3/p+1/t18-/m0/s1. The Labute approximate surface area is 179 Å². The van der Waals surface area contributed by atoms with E-state index in [2.05, 4.69) is 25.7 Å². The zero-order valence-corrected chi connectivity index (χ0v) is 18.5. The molecule has 0 aliphatic carbocycles. The van der Waals surface area contributed by atoms with E-state index in [0.717, 1.165) is 43.2 Å². The van der Waals surface area contributed by atoms with E-state index in [1.807, 2.05) is 30.3 Å². The summed E-state index contributed by atoms with van der Waals surface area (Å²) in [5, 5.41) is 10.5. The summed E-state index contributed by atoms with van der Waals surface area (Å²) >= 11 is 0. The number of quaternary nitrogens is 1. The molecule has 1 aliphatic rings. The Morgan fingerprint density at radius 2 is 1.83 bits per heavy atom. The van der Waals surface area contributed by atoms with Crippen LogP contribution in [0.5, 0.6) is 11.5 Å². The average molecular weight is 418 g/mol. The van der Waals surface area contributed by atoms with Gasteiger partial charge in [0.05, 0.1) is 39.0 Å². The van der Waals surface area contributed by atoms with Gasteiger partial charge in [0.25, 0.3) is 0 Å². The van der Waals surface area contributed by atoms with E-state index < -0.39 is 6.10 Å². The van der Waals surface area contributed by atoms with Crippen LogP contribution < -0.4 is 19.3 Å². The van der Waals surface area contributed by atoms with Gasteiger partial charge in [-0.15, -0.1) is 0 Å². The third-order valence-electron chi connectivity index (χ3n) is 5.61. The van der Waals surface area contributed by atoms with Gasteiger partial charge in [-0.05, 0) is 35.7 Å². The first-order valence-corrected chi connectivity index (χ1v) is 10.6. The number of nitrogens with zero attached hydrogens (tertiary/aromatic N) is 1. The fraction of sp³-hybridized carbons (Fsp3) is 0.500. The molecule has 0 saturated carbocycles. The van der Waals surface area contributed by atoms with Crippen LogP contribution in [0.15, 0.2) is 42.5 Å². The van der Waals surface area contributed by atoms with Gasteiger partial charge < -0.3 is 24.4 Å². The fourth-order valence-electron chi connectivity index (χ4n) is 3.90. The van der Waals surface area contributed by atoms with Crippen LogP contribution in [0, 0.1) is 5.82 Å². The smallest absolute Gasteiger partial charge is 0.146 e. The van der Waals surface area contributed by atoms with Crippen LogP contribution in [0.25, 0.3) is 0 Å². The summed E-state index contributed by atoms with van der Waals surface area (Å²) in [5.41, 5.74) is 1.62. The van der Waals surface area contributed by atoms with E-state index in [-0.39, 0.29) is 17.8 Å². The molecule has 2 aromatic rings. The summed E-state index contributed by atoms with van der Waals surface area (Å²) in [6, 6.07) is 12.7. The number of nitrogens with one attached hydrogen (secondary N) is 1. The average Bonchev–Trinajstić information content (AvgIpc) is 2.72. The minimum absolute atomic E-state index is 0.0941. The van der Waals surface area contributed by atoms with Gasteiger partial charge in [0.15, 0.2) is 0 Å². The summed E-state index contributed by atoms with van der Waals surface area (Å²) in [6.07, 6.45) is -0.560. The lowest BCUT2D eigenvalue weighted by Gasteiger charge is -2.34. The Balaban J connectivity index is 1.51. The highest BCUT2D eigenvalue weighted by Gasteiger charge is 2.25. The Bertz CT molecular complexity index is 829. The number of para-hydroxylation sites is 1. The predicted octanol–water partition coefficient (Wildman–Crippen LogP) is 2.28. The molecule has 1 heterocycles. The lowest BCUT2D eigenvalue weighted by molar-refractivity contribution is -0.903. The molecular weight excluding hydrogens is 383 g/mol. The number of benzene rings is 2. The molecule has 164 valence electrons. The molecule has 1 atom stereocenters. The van der Waals surface area contributed by atoms with Crippen molar-refractivity contribution in [1.29, 1.82) is 0 Å². The molecule has 1 fully saturated rings. The summed E-state index contributed by atoms with van der Waals surface area (Å²) < 4.78 is 25.3. The molecule has 0 radical (unpaired) electrons. The zero-order valence-electron chi connectivity index (χ0n) is 18.5. The number of ether oxygens (including phenoxy) is 2. The summed E-state index contributed by atoms with van der Waals surface area (Å²) in [6.45, 7) is 10.5. The second kappa shape index (κ2) is 9.67. The van der Waals surface area contributed by atoms with E-state index in [1.54, 1.807) is 13.2 Å².